The van der Waals surface area contributed by atoms with E-state index in [1.165, 1.54) is 0 Å². The van der Waals surface area contributed by atoms with Gasteiger partial charge in [0.15, 0.2) is 0 Å². The molecule has 0 heterocycles. The molecule has 0 bridgehead atoms. The third-order valence-electron chi connectivity index (χ3n) is 1.64. The Bertz CT molecular complexity index is 624. The molecular formula is C8H2BrClF3NO2S2. The van der Waals surface area contributed by atoms with Crippen molar-refractivity contribution in [3.63, 3.8) is 0 Å². The van der Waals surface area contributed by atoms with Gasteiger partial charge in [-0.3, -0.25) is 0 Å². The van der Waals surface area contributed by atoms with Crippen molar-refractivity contribution >= 4 is 47.4 Å². The first-order valence-corrected chi connectivity index (χ1v) is 7.90. The summed E-state index contributed by atoms with van der Waals surface area (Å²) in [4.78, 5) is -1.34. The van der Waals surface area contributed by atoms with Crippen molar-refractivity contribution < 1.29 is 21.6 Å². The molecule has 10 heteroatoms. The molecule has 1 aromatic carbocycles. The molecule has 1 rings (SSSR count). The standard InChI is InChI=1S/C8H2BrClF3NO2S2/c9-5-2-6(17-8(11,12)13)7(18(10,15)16)1-4(5)3-14/h1-2H. The molecule has 98 valence electrons. The van der Waals surface area contributed by atoms with Crippen LogP contribution in [0.5, 0.6) is 0 Å². The van der Waals surface area contributed by atoms with E-state index in [-0.39, 0.29) is 10.0 Å². The number of hydrogen-bond acceptors (Lipinski definition) is 4. The van der Waals surface area contributed by atoms with Gasteiger partial charge in [-0.05, 0) is 39.8 Å². The average Bonchev–Trinajstić information content (AvgIpc) is 2.13. The second-order valence-corrected chi connectivity index (χ2v) is 7.37. The van der Waals surface area contributed by atoms with E-state index in [1.807, 2.05) is 0 Å². The molecule has 0 aliphatic carbocycles. The van der Waals surface area contributed by atoms with Gasteiger partial charge in [-0.15, -0.1) is 0 Å². The molecule has 0 amide bonds. The summed E-state index contributed by atoms with van der Waals surface area (Å²) < 4.78 is 59.2. The molecule has 1 aromatic rings. The summed E-state index contributed by atoms with van der Waals surface area (Å²) in [5, 5.41) is 8.69. The highest BCUT2D eigenvalue weighted by Crippen LogP contribution is 2.42. The molecule has 0 aliphatic rings. The Kier molecular flexibility index (Phi) is 4.59. The van der Waals surface area contributed by atoms with Gasteiger partial charge < -0.3 is 0 Å². The second-order valence-electron chi connectivity index (χ2n) is 2.88. The Labute approximate surface area is 117 Å². The predicted molar refractivity (Wildman–Crippen MR) is 63.8 cm³/mol. The first kappa shape index (κ1) is 15.6. The van der Waals surface area contributed by atoms with E-state index in [1.54, 1.807) is 6.07 Å². The van der Waals surface area contributed by atoms with Crippen molar-refractivity contribution in [3.8, 4) is 6.07 Å². The lowest BCUT2D eigenvalue weighted by molar-refractivity contribution is -0.0328. The second kappa shape index (κ2) is 5.28. The summed E-state index contributed by atoms with van der Waals surface area (Å²) in [5.74, 6) is 0. The summed E-state index contributed by atoms with van der Waals surface area (Å²) >= 11 is 2.26. The number of nitriles is 1. The molecule has 0 saturated carbocycles. The minimum atomic E-state index is -4.66. The van der Waals surface area contributed by atoms with Crippen LogP contribution in [0.15, 0.2) is 26.4 Å². The lowest BCUT2D eigenvalue weighted by Crippen LogP contribution is -2.03. The Balaban J connectivity index is 3.51. The third-order valence-corrected chi connectivity index (χ3v) is 4.58. The first-order valence-electron chi connectivity index (χ1n) is 3.98. The zero-order valence-corrected chi connectivity index (χ0v) is 12.1. The number of nitrogens with zero attached hydrogens (tertiary/aromatic N) is 1. The number of benzene rings is 1. The van der Waals surface area contributed by atoms with Crippen LogP contribution < -0.4 is 0 Å². The Morgan fingerprint density at radius 2 is 1.94 bits per heavy atom. The quantitative estimate of drug-likeness (QED) is 0.577. The van der Waals surface area contributed by atoms with Gasteiger partial charge in [0.05, 0.1) is 10.5 Å². The highest BCUT2D eigenvalue weighted by atomic mass is 79.9. The normalized spacial score (nSPS) is 12.2. The molecule has 0 aliphatic heterocycles. The number of alkyl halides is 3. The van der Waals surface area contributed by atoms with Crippen LogP contribution in [0.25, 0.3) is 0 Å². The Morgan fingerprint density at radius 1 is 1.39 bits per heavy atom. The van der Waals surface area contributed by atoms with Gasteiger partial charge in [-0.25, -0.2) is 8.42 Å². The molecular weight excluding hydrogens is 379 g/mol. The Hall–Kier alpha value is -0.430. The van der Waals surface area contributed by atoms with Crippen molar-refractivity contribution in [2.75, 3.05) is 0 Å². The van der Waals surface area contributed by atoms with Gasteiger partial charge in [-0.1, -0.05) is 0 Å². The van der Waals surface area contributed by atoms with E-state index in [0.29, 0.717) is 0 Å². The minimum absolute atomic E-state index is 0.0563. The van der Waals surface area contributed by atoms with Crippen LogP contribution in [0.4, 0.5) is 13.2 Å². The zero-order valence-electron chi connectivity index (χ0n) is 8.12. The van der Waals surface area contributed by atoms with Crippen LogP contribution in [-0.4, -0.2) is 13.9 Å². The van der Waals surface area contributed by atoms with E-state index in [4.69, 9.17) is 15.9 Å². The summed E-state index contributed by atoms with van der Waals surface area (Å²) in [6, 6.07) is 3.32. The Morgan fingerprint density at radius 3 is 2.33 bits per heavy atom. The summed E-state index contributed by atoms with van der Waals surface area (Å²) in [6.07, 6.45) is 0. The molecule has 0 spiro atoms. The minimum Gasteiger partial charge on any atom is -0.207 e. The molecule has 3 nitrogen and oxygen atoms in total. The third kappa shape index (κ3) is 4.05. The van der Waals surface area contributed by atoms with E-state index in [0.717, 1.165) is 12.1 Å². The van der Waals surface area contributed by atoms with Crippen molar-refractivity contribution in [2.24, 2.45) is 0 Å². The fraction of sp³-hybridized carbons (Fsp3) is 0.125. The summed E-state index contributed by atoms with van der Waals surface area (Å²) in [5.41, 5.74) is -4.79. The molecule has 0 radical (unpaired) electrons. The number of rotatable bonds is 2. The van der Waals surface area contributed by atoms with E-state index < -0.39 is 36.1 Å². The van der Waals surface area contributed by atoms with Crippen LogP contribution in [0.3, 0.4) is 0 Å². The predicted octanol–water partition coefficient (Wildman–Crippen LogP) is 3.86. The highest BCUT2D eigenvalue weighted by molar-refractivity contribution is 9.10. The van der Waals surface area contributed by atoms with Crippen molar-refractivity contribution in [1.82, 2.24) is 0 Å². The highest BCUT2D eigenvalue weighted by Gasteiger charge is 2.33. The molecule has 0 N–H and O–H groups in total. The maximum atomic E-state index is 12.3. The topological polar surface area (TPSA) is 57.9 Å². The number of hydrogen-bond donors (Lipinski definition) is 0. The van der Waals surface area contributed by atoms with Gasteiger partial charge >= 0.3 is 5.51 Å². The van der Waals surface area contributed by atoms with Crippen LogP contribution in [0, 0.1) is 11.3 Å². The average molecular weight is 381 g/mol. The van der Waals surface area contributed by atoms with Gasteiger partial charge in [0.1, 0.15) is 6.07 Å². The van der Waals surface area contributed by atoms with Crippen LogP contribution >= 0.6 is 38.4 Å². The monoisotopic (exact) mass is 379 g/mol. The van der Waals surface area contributed by atoms with Gasteiger partial charge in [0.25, 0.3) is 9.05 Å². The molecule has 0 unspecified atom stereocenters. The van der Waals surface area contributed by atoms with Crippen molar-refractivity contribution in [2.45, 2.75) is 15.3 Å². The maximum absolute atomic E-state index is 12.3. The van der Waals surface area contributed by atoms with Crippen LogP contribution in [0.1, 0.15) is 5.56 Å². The lowest BCUT2D eigenvalue weighted by atomic mass is 10.2. The van der Waals surface area contributed by atoms with Gasteiger partial charge in [0, 0.05) is 20.1 Å². The summed E-state index contributed by atoms with van der Waals surface area (Å²) in [6.45, 7) is 0. The fourth-order valence-electron chi connectivity index (χ4n) is 1.02. The van der Waals surface area contributed by atoms with Crippen LogP contribution in [-0.2, 0) is 9.05 Å². The van der Waals surface area contributed by atoms with Gasteiger partial charge in [-0.2, -0.15) is 18.4 Å². The first-order chi connectivity index (χ1) is 8.04. The summed E-state index contributed by atoms with van der Waals surface area (Å²) in [7, 11) is 0.665. The van der Waals surface area contributed by atoms with E-state index >= 15 is 0 Å². The van der Waals surface area contributed by atoms with Crippen LogP contribution in [0.2, 0.25) is 0 Å². The van der Waals surface area contributed by atoms with Crippen molar-refractivity contribution in [3.05, 3.63) is 22.2 Å². The largest absolute Gasteiger partial charge is 0.446 e. The molecule has 18 heavy (non-hydrogen) atoms. The molecule has 0 saturated heterocycles. The molecule has 0 atom stereocenters. The maximum Gasteiger partial charge on any atom is 0.446 e. The van der Waals surface area contributed by atoms with E-state index in [9.17, 15) is 21.6 Å². The molecule has 0 aromatic heterocycles. The van der Waals surface area contributed by atoms with Gasteiger partial charge in [0.2, 0.25) is 0 Å². The fourth-order valence-corrected chi connectivity index (χ4v) is 3.72. The zero-order chi connectivity index (χ0) is 14.1. The number of halogens is 5. The molecule has 0 fully saturated rings. The van der Waals surface area contributed by atoms with E-state index in [2.05, 4.69) is 15.9 Å². The smallest absolute Gasteiger partial charge is 0.207 e. The van der Waals surface area contributed by atoms with Crippen molar-refractivity contribution in [1.29, 1.82) is 5.26 Å². The lowest BCUT2D eigenvalue weighted by Gasteiger charge is -2.10. The SMILES string of the molecule is N#Cc1cc(S(=O)(=O)Cl)c(SC(F)(F)F)cc1Br. The number of thioether (sulfide) groups is 1.